The predicted molar refractivity (Wildman–Crippen MR) is 89.4 cm³/mol. The van der Waals surface area contributed by atoms with E-state index in [2.05, 4.69) is 40.9 Å². The fraction of sp³-hybridized carbons (Fsp3) is 0.529. The van der Waals surface area contributed by atoms with Crippen LogP contribution in [0.3, 0.4) is 0 Å². The Morgan fingerprint density at radius 3 is 3.00 bits per heavy atom. The molecule has 1 aliphatic carbocycles. The van der Waals surface area contributed by atoms with Crippen molar-refractivity contribution in [3.8, 4) is 0 Å². The average Bonchev–Trinajstić information content (AvgIpc) is 3.01. The normalized spacial score (nSPS) is 25.4. The SMILES string of the molecule is CCC1CC2(CCC2)CN1Sc1ccc2ccsc2c1. The van der Waals surface area contributed by atoms with Gasteiger partial charge >= 0.3 is 0 Å². The monoisotopic (exact) mass is 303 g/mol. The molecule has 1 atom stereocenters. The Balaban J connectivity index is 1.54. The number of nitrogens with zero attached hydrogens (tertiary/aromatic N) is 1. The second-order valence-corrected chi connectivity index (χ2v) is 8.48. The van der Waals surface area contributed by atoms with E-state index in [1.54, 1.807) is 0 Å². The van der Waals surface area contributed by atoms with Crippen molar-refractivity contribution in [1.29, 1.82) is 0 Å². The maximum Gasteiger partial charge on any atom is 0.0354 e. The molecule has 2 aliphatic rings. The highest BCUT2D eigenvalue weighted by Gasteiger charge is 2.47. The van der Waals surface area contributed by atoms with Gasteiger partial charge in [-0.25, -0.2) is 4.31 Å². The lowest BCUT2D eigenvalue weighted by Crippen LogP contribution is -2.31. The minimum absolute atomic E-state index is 0.681. The number of benzene rings is 1. The number of hydrogen-bond acceptors (Lipinski definition) is 3. The average molecular weight is 303 g/mol. The van der Waals surface area contributed by atoms with E-state index in [0.717, 1.165) is 6.04 Å². The fourth-order valence-corrected chi connectivity index (χ4v) is 5.93. The van der Waals surface area contributed by atoms with Crippen LogP contribution in [0.15, 0.2) is 34.5 Å². The summed E-state index contributed by atoms with van der Waals surface area (Å²) in [6.07, 6.45) is 7.10. The number of rotatable bonds is 3. The Labute approximate surface area is 129 Å². The van der Waals surface area contributed by atoms with Crippen LogP contribution in [0.2, 0.25) is 0 Å². The molecule has 106 valence electrons. The largest absolute Gasteiger partial charge is 0.243 e. The first-order valence-electron chi connectivity index (χ1n) is 7.70. The van der Waals surface area contributed by atoms with E-state index in [4.69, 9.17) is 0 Å². The van der Waals surface area contributed by atoms with Crippen LogP contribution in [0.1, 0.15) is 39.0 Å². The molecule has 1 saturated heterocycles. The van der Waals surface area contributed by atoms with E-state index < -0.39 is 0 Å². The molecule has 20 heavy (non-hydrogen) atoms. The molecule has 0 amide bonds. The summed E-state index contributed by atoms with van der Waals surface area (Å²) in [6.45, 7) is 3.65. The van der Waals surface area contributed by atoms with Crippen LogP contribution in [-0.4, -0.2) is 16.9 Å². The summed E-state index contributed by atoms with van der Waals surface area (Å²) in [5, 5.41) is 3.57. The van der Waals surface area contributed by atoms with Crippen LogP contribution in [0, 0.1) is 5.41 Å². The zero-order valence-corrected chi connectivity index (χ0v) is 13.6. The first-order chi connectivity index (χ1) is 9.78. The van der Waals surface area contributed by atoms with Gasteiger partial charge in [-0.05, 0) is 72.0 Å². The third-order valence-electron chi connectivity index (χ3n) is 5.10. The van der Waals surface area contributed by atoms with Crippen LogP contribution in [0.4, 0.5) is 0 Å². The van der Waals surface area contributed by atoms with Crippen molar-refractivity contribution in [2.24, 2.45) is 5.41 Å². The minimum Gasteiger partial charge on any atom is -0.243 e. The summed E-state index contributed by atoms with van der Waals surface area (Å²) in [5.74, 6) is 0. The van der Waals surface area contributed by atoms with Gasteiger partial charge in [-0.2, -0.15) is 0 Å². The number of thiophene rings is 1. The second kappa shape index (κ2) is 5.04. The lowest BCUT2D eigenvalue weighted by atomic mass is 9.67. The molecular weight excluding hydrogens is 282 g/mol. The molecule has 1 spiro atoms. The highest BCUT2D eigenvalue weighted by Crippen LogP contribution is 2.53. The highest BCUT2D eigenvalue weighted by atomic mass is 32.2. The zero-order valence-electron chi connectivity index (χ0n) is 12.0. The van der Waals surface area contributed by atoms with Gasteiger partial charge in [0, 0.05) is 22.2 Å². The van der Waals surface area contributed by atoms with Crippen LogP contribution in [0.25, 0.3) is 10.1 Å². The summed E-state index contributed by atoms with van der Waals surface area (Å²) >= 11 is 3.84. The van der Waals surface area contributed by atoms with Crippen LogP contribution >= 0.6 is 23.3 Å². The van der Waals surface area contributed by atoms with Gasteiger partial charge in [0.25, 0.3) is 0 Å². The lowest BCUT2D eigenvalue weighted by Gasteiger charge is -2.38. The van der Waals surface area contributed by atoms with E-state index in [1.807, 2.05) is 23.3 Å². The smallest absolute Gasteiger partial charge is 0.0354 e. The molecule has 1 saturated carbocycles. The van der Waals surface area contributed by atoms with Gasteiger partial charge in [0.05, 0.1) is 0 Å². The van der Waals surface area contributed by atoms with Gasteiger partial charge in [-0.1, -0.05) is 19.4 Å². The Morgan fingerprint density at radius 2 is 2.25 bits per heavy atom. The number of hydrogen-bond donors (Lipinski definition) is 0. The van der Waals surface area contributed by atoms with Gasteiger partial charge in [0.15, 0.2) is 0 Å². The van der Waals surface area contributed by atoms with E-state index in [0.29, 0.717) is 5.41 Å². The topological polar surface area (TPSA) is 3.24 Å². The third-order valence-corrected chi connectivity index (χ3v) is 7.11. The van der Waals surface area contributed by atoms with Crippen molar-refractivity contribution in [1.82, 2.24) is 4.31 Å². The van der Waals surface area contributed by atoms with Crippen molar-refractivity contribution in [2.75, 3.05) is 6.54 Å². The van der Waals surface area contributed by atoms with E-state index in [1.165, 1.54) is 53.6 Å². The Kier molecular flexibility index (Phi) is 3.32. The molecule has 0 radical (unpaired) electrons. The van der Waals surface area contributed by atoms with Crippen LogP contribution in [-0.2, 0) is 0 Å². The summed E-state index contributed by atoms with van der Waals surface area (Å²) in [5.41, 5.74) is 0.681. The van der Waals surface area contributed by atoms with Gasteiger partial charge in [-0.3, -0.25) is 0 Å². The van der Waals surface area contributed by atoms with Gasteiger partial charge in [0.1, 0.15) is 0 Å². The van der Waals surface area contributed by atoms with Gasteiger partial charge in [0.2, 0.25) is 0 Å². The second-order valence-electron chi connectivity index (χ2n) is 6.41. The summed E-state index contributed by atoms with van der Waals surface area (Å²) < 4.78 is 4.09. The molecule has 1 aromatic carbocycles. The maximum atomic E-state index is 2.67. The number of fused-ring (bicyclic) bond motifs is 1. The van der Waals surface area contributed by atoms with Crippen molar-refractivity contribution in [3.05, 3.63) is 29.6 Å². The lowest BCUT2D eigenvalue weighted by molar-refractivity contribution is 0.153. The van der Waals surface area contributed by atoms with Crippen molar-refractivity contribution >= 4 is 33.4 Å². The van der Waals surface area contributed by atoms with Crippen molar-refractivity contribution in [3.63, 3.8) is 0 Å². The van der Waals surface area contributed by atoms with Gasteiger partial charge < -0.3 is 0 Å². The van der Waals surface area contributed by atoms with E-state index >= 15 is 0 Å². The van der Waals surface area contributed by atoms with Crippen LogP contribution < -0.4 is 0 Å². The van der Waals surface area contributed by atoms with E-state index in [9.17, 15) is 0 Å². The first-order valence-corrected chi connectivity index (χ1v) is 9.35. The fourth-order valence-electron chi connectivity index (χ4n) is 3.75. The van der Waals surface area contributed by atoms with Crippen molar-refractivity contribution in [2.45, 2.75) is 50.0 Å². The molecular formula is C17H21NS2. The minimum atomic E-state index is 0.681. The third kappa shape index (κ3) is 2.20. The molecule has 3 heteroatoms. The van der Waals surface area contributed by atoms with E-state index in [-0.39, 0.29) is 0 Å². The summed E-state index contributed by atoms with van der Waals surface area (Å²) in [4.78, 5) is 1.41. The summed E-state index contributed by atoms with van der Waals surface area (Å²) in [6, 6.07) is 9.91. The molecule has 0 bridgehead atoms. The zero-order chi connectivity index (χ0) is 13.6. The molecule has 4 rings (SSSR count). The molecule has 2 fully saturated rings. The Hall–Kier alpha value is -0.510. The molecule has 1 unspecified atom stereocenters. The standard InChI is InChI=1S/C17H21NS2/c1-2-14-11-17(7-3-8-17)12-18(14)20-15-5-4-13-6-9-19-16(13)10-15/h4-6,9-10,14H,2-3,7-8,11-12H2,1H3. The molecule has 1 nitrogen and oxygen atoms in total. The summed E-state index contributed by atoms with van der Waals surface area (Å²) in [7, 11) is 0. The van der Waals surface area contributed by atoms with Gasteiger partial charge in [-0.15, -0.1) is 11.3 Å². The molecule has 1 aliphatic heterocycles. The molecule has 0 N–H and O–H groups in total. The molecule has 2 aromatic rings. The van der Waals surface area contributed by atoms with Crippen LogP contribution in [0.5, 0.6) is 0 Å². The highest BCUT2D eigenvalue weighted by molar-refractivity contribution is 7.97. The van der Waals surface area contributed by atoms with Crippen molar-refractivity contribution < 1.29 is 0 Å². The molecule has 1 aromatic heterocycles. The maximum absolute atomic E-state index is 2.67. The Bertz CT molecular complexity index is 614. The first kappa shape index (κ1) is 13.2. The Morgan fingerprint density at radius 1 is 1.35 bits per heavy atom. The molecule has 2 heterocycles. The quantitative estimate of drug-likeness (QED) is 0.683. The predicted octanol–water partition coefficient (Wildman–Crippen LogP) is 5.56.